The molecule has 0 saturated carbocycles. The molecule has 0 aromatic carbocycles. The second kappa shape index (κ2) is 4.85. The molecule has 1 atom stereocenters. The number of rotatable bonds is 3. The number of nitrogens with zero attached hydrogens (tertiary/aromatic N) is 4. The molecule has 0 radical (unpaired) electrons. The van der Waals surface area contributed by atoms with Crippen LogP contribution < -0.4 is 11.2 Å². The molecule has 0 amide bonds. The number of aromatic nitrogens is 4. The van der Waals surface area contributed by atoms with Crippen LogP contribution in [0.1, 0.15) is 32.1 Å². The van der Waals surface area contributed by atoms with Gasteiger partial charge in [0.25, 0.3) is 5.56 Å². The highest BCUT2D eigenvalue weighted by atomic mass is 35.5. The van der Waals surface area contributed by atoms with Gasteiger partial charge in [0.2, 0.25) is 0 Å². The molecule has 1 unspecified atom stereocenters. The van der Waals surface area contributed by atoms with Crippen molar-refractivity contribution < 1.29 is 0 Å². The zero-order valence-electron chi connectivity index (χ0n) is 11.5. The van der Waals surface area contributed by atoms with E-state index in [9.17, 15) is 9.59 Å². The van der Waals surface area contributed by atoms with Crippen molar-refractivity contribution in [1.82, 2.24) is 18.7 Å². The zero-order valence-corrected chi connectivity index (χ0v) is 12.2. The van der Waals surface area contributed by atoms with Gasteiger partial charge in [-0.25, -0.2) is 9.78 Å². The molecule has 0 bridgehead atoms. The van der Waals surface area contributed by atoms with Crippen LogP contribution in [0.5, 0.6) is 0 Å². The molecule has 19 heavy (non-hydrogen) atoms. The van der Waals surface area contributed by atoms with Crippen LogP contribution in [0.25, 0.3) is 11.2 Å². The monoisotopic (exact) mass is 284 g/mol. The first-order chi connectivity index (χ1) is 8.93. The van der Waals surface area contributed by atoms with Gasteiger partial charge in [0, 0.05) is 20.1 Å². The minimum atomic E-state index is -0.383. The third-order valence-corrected chi connectivity index (χ3v) is 3.75. The molecule has 2 rings (SSSR count). The van der Waals surface area contributed by atoms with Crippen LogP contribution in [0.2, 0.25) is 0 Å². The number of hydrogen-bond donors (Lipinski definition) is 0. The van der Waals surface area contributed by atoms with Crippen molar-refractivity contribution in [3.63, 3.8) is 0 Å². The summed E-state index contributed by atoms with van der Waals surface area (Å²) in [5, 5.41) is 0. The Kier molecular flexibility index (Phi) is 3.54. The van der Waals surface area contributed by atoms with E-state index in [0.717, 1.165) is 11.0 Å². The number of imidazole rings is 1. The predicted octanol–water partition coefficient (Wildman–Crippen LogP) is 1.14. The van der Waals surface area contributed by atoms with Gasteiger partial charge < -0.3 is 4.57 Å². The first-order valence-corrected chi connectivity index (χ1v) is 6.70. The molecule has 0 N–H and O–H groups in total. The summed E-state index contributed by atoms with van der Waals surface area (Å²) in [5.74, 6) is 0.820. The SMILES string of the molecule is CCC(C)n1c(CCl)nc2c(=O)n(C)c(=O)n(C)c21. The van der Waals surface area contributed by atoms with E-state index < -0.39 is 0 Å². The summed E-state index contributed by atoms with van der Waals surface area (Å²) in [7, 11) is 3.09. The van der Waals surface area contributed by atoms with E-state index in [1.54, 1.807) is 7.05 Å². The van der Waals surface area contributed by atoms with Crippen LogP contribution in [0.4, 0.5) is 0 Å². The molecule has 0 fully saturated rings. The van der Waals surface area contributed by atoms with Crippen molar-refractivity contribution >= 4 is 22.8 Å². The Morgan fingerprint density at radius 3 is 2.42 bits per heavy atom. The van der Waals surface area contributed by atoms with E-state index in [1.165, 1.54) is 11.6 Å². The molecule has 2 heterocycles. The fourth-order valence-corrected chi connectivity index (χ4v) is 2.42. The van der Waals surface area contributed by atoms with E-state index in [1.807, 2.05) is 18.4 Å². The fraction of sp³-hybridized carbons (Fsp3) is 0.583. The Morgan fingerprint density at radius 2 is 1.89 bits per heavy atom. The molecule has 0 aliphatic carbocycles. The highest BCUT2D eigenvalue weighted by Gasteiger charge is 2.20. The lowest BCUT2D eigenvalue weighted by Crippen LogP contribution is -2.37. The van der Waals surface area contributed by atoms with Crippen molar-refractivity contribution in [2.45, 2.75) is 32.2 Å². The topological polar surface area (TPSA) is 61.8 Å². The quantitative estimate of drug-likeness (QED) is 0.794. The summed E-state index contributed by atoms with van der Waals surface area (Å²) in [4.78, 5) is 28.4. The Hall–Kier alpha value is -1.56. The molecule has 104 valence electrons. The lowest BCUT2D eigenvalue weighted by molar-refractivity contribution is 0.518. The van der Waals surface area contributed by atoms with Gasteiger partial charge in [-0.15, -0.1) is 11.6 Å². The first kappa shape index (κ1) is 13.9. The molecule has 7 heteroatoms. The average Bonchev–Trinajstić information content (AvgIpc) is 2.81. The van der Waals surface area contributed by atoms with Gasteiger partial charge >= 0.3 is 5.69 Å². The minimum absolute atomic E-state index is 0.122. The lowest BCUT2D eigenvalue weighted by atomic mass is 10.2. The van der Waals surface area contributed by atoms with Gasteiger partial charge in [-0.05, 0) is 13.3 Å². The highest BCUT2D eigenvalue weighted by Crippen LogP contribution is 2.21. The summed E-state index contributed by atoms with van der Waals surface area (Å²) in [6.07, 6.45) is 0.860. The molecule has 2 aromatic heterocycles. The minimum Gasteiger partial charge on any atom is -0.310 e. The van der Waals surface area contributed by atoms with Crippen LogP contribution >= 0.6 is 11.6 Å². The number of alkyl halides is 1. The maximum Gasteiger partial charge on any atom is 0.332 e. The van der Waals surface area contributed by atoms with E-state index in [-0.39, 0.29) is 23.2 Å². The Morgan fingerprint density at radius 1 is 1.26 bits per heavy atom. The van der Waals surface area contributed by atoms with Gasteiger partial charge in [-0.3, -0.25) is 13.9 Å². The summed E-state index contributed by atoms with van der Waals surface area (Å²) in [6, 6.07) is 0.122. The summed E-state index contributed by atoms with van der Waals surface area (Å²) >= 11 is 5.91. The van der Waals surface area contributed by atoms with Crippen LogP contribution in [0.3, 0.4) is 0 Å². The molecular weight excluding hydrogens is 268 g/mol. The second-order valence-electron chi connectivity index (χ2n) is 4.67. The average molecular weight is 285 g/mol. The number of fused-ring (bicyclic) bond motifs is 1. The standard InChI is InChI=1S/C12H17ClN4O2/c1-5-7(2)17-8(6-13)14-9-10(17)15(3)12(19)16(4)11(9)18/h7H,5-6H2,1-4H3. The maximum absolute atomic E-state index is 12.1. The van der Waals surface area contributed by atoms with Crippen molar-refractivity contribution in [3.8, 4) is 0 Å². The fourth-order valence-electron chi connectivity index (χ4n) is 2.23. The third-order valence-electron chi connectivity index (χ3n) is 3.51. The lowest BCUT2D eigenvalue weighted by Gasteiger charge is -2.16. The molecule has 0 aliphatic rings. The largest absolute Gasteiger partial charge is 0.332 e. The Labute approximate surface area is 115 Å². The molecule has 2 aromatic rings. The van der Waals surface area contributed by atoms with E-state index in [2.05, 4.69) is 4.98 Å². The van der Waals surface area contributed by atoms with Crippen LogP contribution in [-0.4, -0.2) is 18.7 Å². The van der Waals surface area contributed by atoms with Crippen molar-refractivity contribution in [2.75, 3.05) is 0 Å². The van der Waals surface area contributed by atoms with E-state index >= 15 is 0 Å². The van der Waals surface area contributed by atoms with Crippen molar-refractivity contribution in [3.05, 3.63) is 26.7 Å². The number of aryl methyl sites for hydroxylation is 1. The predicted molar refractivity (Wildman–Crippen MR) is 74.8 cm³/mol. The van der Waals surface area contributed by atoms with Crippen LogP contribution in [0.15, 0.2) is 9.59 Å². The normalized spacial score (nSPS) is 13.1. The van der Waals surface area contributed by atoms with Gasteiger partial charge in [-0.1, -0.05) is 6.92 Å². The maximum atomic E-state index is 12.1. The van der Waals surface area contributed by atoms with E-state index in [0.29, 0.717) is 17.0 Å². The summed E-state index contributed by atoms with van der Waals surface area (Å²) in [6.45, 7) is 4.05. The Bertz CT molecular complexity index is 741. The van der Waals surface area contributed by atoms with Gasteiger partial charge in [0.15, 0.2) is 5.52 Å². The number of halogens is 1. The first-order valence-electron chi connectivity index (χ1n) is 6.16. The van der Waals surface area contributed by atoms with Crippen LogP contribution in [-0.2, 0) is 20.0 Å². The molecule has 6 nitrogen and oxygen atoms in total. The molecule has 0 aliphatic heterocycles. The number of hydrogen-bond acceptors (Lipinski definition) is 3. The van der Waals surface area contributed by atoms with Crippen molar-refractivity contribution in [2.24, 2.45) is 14.1 Å². The molecule has 0 saturated heterocycles. The van der Waals surface area contributed by atoms with Crippen LogP contribution in [0, 0.1) is 0 Å². The van der Waals surface area contributed by atoms with Gasteiger partial charge in [0.1, 0.15) is 11.5 Å². The second-order valence-corrected chi connectivity index (χ2v) is 4.93. The smallest absolute Gasteiger partial charge is 0.310 e. The summed E-state index contributed by atoms with van der Waals surface area (Å²) in [5.41, 5.74) is 0.0910. The van der Waals surface area contributed by atoms with Crippen molar-refractivity contribution in [1.29, 1.82) is 0 Å². The summed E-state index contributed by atoms with van der Waals surface area (Å²) < 4.78 is 4.39. The molecular formula is C12H17ClN4O2. The molecule has 0 spiro atoms. The van der Waals surface area contributed by atoms with Gasteiger partial charge in [-0.2, -0.15) is 0 Å². The third kappa shape index (κ3) is 1.90. The van der Waals surface area contributed by atoms with Gasteiger partial charge in [0.05, 0.1) is 5.88 Å². The van der Waals surface area contributed by atoms with E-state index in [4.69, 9.17) is 11.6 Å². The Balaban J connectivity index is 3.03. The zero-order chi connectivity index (χ0) is 14.3. The highest BCUT2D eigenvalue weighted by molar-refractivity contribution is 6.16.